The van der Waals surface area contributed by atoms with E-state index in [1.807, 2.05) is 6.20 Å². The van der Waals surface area contributed by atoms with E-state index < -0.39 is 0 Å². The minimum atomic E-state index is 0.304. The summed E-state index contributed by atoms with van der Waals surface area (Å²) in [6.07, 6.45) is 9.46. The zero-order valence-corrected chi connectivity index (χ0v) is 23.2. The molecule has 0 radical (unpaired) electrons. The SMILES string of the molecule is CC1CCCN1C1(C)CCc2ccc(-c3cnc4n[nH]c(-c5ccc(N6CCOCC6)cc5)c4c3)cc2CC1. The van der Waals surface area contributed by atoms with Gasteiger partial charge in [0.25, 0.3) is 0 Å². The lowest BCUT2D eigenvalue weighted by Crippen LogP contribution is -2.48. The van der Waals surface area contributed by atoms with Crippen molar-refractivity contribution in [3.63, 3.8) is 0 Å². The first-order valence-electron chi connectivity index (χ1n) is 14.7. The number of pyridine rings is 1. The Morgan fingerprint density at radius 3 is 2.44 bits per heavy atom. The lowest BCUT2D eigenvalue weighted by Gasteiger charge is -2.41. The summed E-state index contributed by atoms with van der Waals surface area (Å²) in [5.41, 5.74) is 9.89. The maximum atomic E-state index is 5.51. The second-order valence-electron chi connectivity index (χ2n) is 12.0. The van der Waals surface area contributed by atoms with Gasteiger partial charge in [-0.05, 0) is 93.8 Å². The monoisotopic (exact) mass is 521 g/mol. The predicted molar refractivity (Wildman–Crippen MR) is 158 cm³/mol. The molecule has 1 aliphatic carbocycles. The zero-order valence-electron chi connectivity index (χ0n) is 23.2. The van der Waals surface area contributed by atoms with Crippen LogP contribution in [0.15, 0.2) is 54.7 Å². The van der Waals surface area contributed by atoms with E-state index in [1.54, 1.807) is 0 Å². The molecule has 2 atom stereocenters. The summed E-state index contributed by atoms with van der Waals surface area (Å²) >= 11 is 0. The van der Waals surface area contributed by atoms with Gasteiger partial charge in [0.1, 0.15) is 0 Å². The molecule has 2 aromatic carbocycles. The van der Waals surface area contributed by atoms with Gasteiger partial charge in [0, 0.05) is 53.1 Å². The first-order chi connectivity index (χ1) is 19.1. The number of nitrogens with one attached hydrogen (secondary N) is 1. The van der Waals surface area contributed by atoms with Crippen molar-refractivity contribution >= 4 is 16.7 Å². The average molecular weight is 522 g/mol. The molecule has 1 N–H and O–H groups in total. The number of aryl methyl sites for hydroxylation is 2. The van der Waals surface area contributed by atoms with Crippen molar-refractivity contribution in [3.8, 4) is 22.4 Å². The van der Waals surface area contributed by atoms with Crippen LogP contribution in [0.4, 0.5) is 5.69 Å². The molecule has 0 saturated carbocycles. The first kappa shape index (κ1) is 24.8. The highest BCUT2D eigenvalue weighted by Crippen LogP contribution is 2.38. The third kappa shape index (κ3) is 4.64. The lowest BCUT2D eigenvalue weighted by molar-refractivity contribution is 0.0821. The highest BCUT2D eigenvalue weighted by atomic mass is 16.5. The van der Waals surface area contributed by atoms with E-state index in [2.05, 4.69) is 82.4 Å². The highest BCUT2D eigenvalue weighted by molar-refractivity contribution is 5.93. The molecule has 0 bridgehead atoms. The van der Waals surface area contributed by atoms with Crippen LogP contribution < -0.4 is 4.90 Å². The van der Waals surface area contributed by atoms with Gasteiger partial charge < -0.3 is 9.64 Å². The number of ether oxygens (including phenoxy) is 1. The molecule has 2 aliphatic heterocycles. The van der Waals surface area contributed by atoms with Crippen molar-refractivity contribution in [3.05, 3.63) is 65.9 Å². The highest BCUT2D eigenvalue weighted by Gasteiger charge is 2.38. The summed E-state index contributed by atoms with van der Waals surface area (Å²) in [5, 5.41) is 8.84. The molecule has 2 saturated heterocycles. The van der Waals surface area contributed by atoms with Crippen LogP contribution in [0.1, 0.15) is 50.7 Å². The van der Waals surface area contributed by atoms with Crippen LogP contribution in [0.2, 0.25) is 0 Å². The number of benzene rings is 2. The quantitative estimate of drug-likeness (QED) is 0.322. The van der Waals surface area contributed by atoms with Crippen LogP contribution in [-0.2, 0) is 17.6 Å². The van der Waals surface area contributed by atoms with Crippen molar-refractivity contribution in [2.45, 2.75) is 64.0 Å². The third-order valence-electron chi connectivity index (χ3n) is 9.59. The number of anilines is 1. The molecule has 202 valence electrons. The number of likely N-dealkylation sites (tertiary alicyclic amines) is 1. The van der Waals surface area contributed by atoms with Gasteiger partial charge >= 0.3 is 0 Å². The van der Waals surface area contributed by atoms with Crippen molar-refractivity contribution in [1.29, 1.82) is 0 Å². The second kappa shape index (κ2) is 10.1. The Morgan fingerprint density at radius 1 is 0.897 bits per heavy atom. The van der Waals surface area contributed by atoms with E-state index in [1.165, 1.54) is 61.0 Å². The molecule has 2 fully saturated rings. The summed E-state index contributed by atoms with van der Waals surface area (Å²) in [5.74, 6) is 0. The van der Waals surface area contributed by atoms with Gasteiger partial charge in [0.05, 0.1) is 18.9 Å². The van der Waals surface area contributed by atoms with Crippen molar-refractivity contribution in [1.82, 2.24) is 20.1 Å². The number of aromatic amines is 1. The summed E-state index contributed by atoms with van der Waals surface area (Å²) in [4.78, 5) is 9.91. The van der Waals surface area contributed by atoms with Crippen LogP contribution >= 0.6 is 0 Å². The van der Waals surface area contributed by atoms with Crippen molar-refractivity contribution < 1.29 is 4.74 Å². The molecule has 2 aromatic heterocycles. The Bertz CT molecular complexity index is 1470. The number of nitrogens with zero attached hydrogens (tertiary/aromatic N) is 4. The third-order valence-corrected chi connectivity index (χ3v) is 9.59. The van der Waals surface area contributed by atoms with E-state index in [9.17, 15) is 0 Å². The molecule has 0 spiro atoms. The van der Waals surface area contributed by atoms with E-state index in [-0.39, 0.29) is 0 Å². The summed E-state index contributed by atoms with van der Waals surface area (Å²) in [6.45, 7) is 9.65. The molecular formula is C33H39N5O. The maximum absolute atomic E-state index is 5.51. The smallest absolute Gasteiger partial charge is 0.181 e. The number of H-pyrrole nitrogens is 1. The van der Waals surface area contributed by atoms with Gasteiger partial charge in [0.15, 0.2) is 5.65 Å². The number of hydrogen-bond donors (Lipinski definition) is 1. The topological polar surface area (TPSA) is 57.3 Å². The molecule has 4 aromatic rings. The van der Waals surface area contributed by atoms with Crippen molar-refractivity contribution in [2.75, 3.05) is 37.7 Å². The molecule has 3 aliphatic rings. The molecule has 0 amide bonds. The Balaban J connectivity index is 1.15. The molecule has 6 nitrogen and oxygen atoms in total. The van der Waals surface area contributed by atoms with E-state index in [0.717, 1.165) is 60.6 Å². The largest absolute Gasteiger partial charge is 0.378 e. The van der Waals surface area contributed by atoms with Crippen LogP contribution in [0.5, 0.6) is 0 Å². The number of fused-ring (bicyclic) bond motifs is 2. The summed E-state index contributed by atoms with van der Waals surface area (Å²) in [7, 11) is 0. The van der Waals surface area contributed by atoms with Crippen molar-refractivity contribution in [2.24, 2.45) is 0 Å². The molecule has 6 heteroatoms. The molecule has 7 rings (SSSR count). The second-order valence-corrected chi connectivity index (χ2v) is 12.0. The Morgan fingerprint density at radius 2 is 1.67 bits per heavy atom. The van der Waals surface area contributed by atoms with Gasteiger partial charge in [-0.25, -0.2) is 4.98 Å². The van der Waals surface area contributed by atoms with Gasteiger partial charge in [0.2, 0.25) is 0 Å². The Labute approximate surface area is 231 Å². The molecule has 39 heavy (non-hydrogen) atoms. The number of morpholine rings is 1. The Hall–Kier alpha value is -3.22. The molecular weight excluding hydrogens is 482 g/mol. The minimum absolute atomic E-state index is 0.304. The van der Waals surface area contributed by atoms with Gasteiger partial charge in [-0.1, -0.05) is 30.3 Å². The molecule has 2 unspecified atom stereocenters. The minimum Gasteiger partial charge on any atom is -0.378 e. The normalized spacial score (nSPS) is 24.2. The van der Waals surface area contributed by atoms with E-state index in [4.69, 9.17) is 9.72 Å². The fraction of sp³-hybridized carbons (Fsp3) is 0.455. The van der Waals surface area contributed by atoms with Gasteiger partial charge in [-0.15, -0.1) is 0 Å². The Kier molecular flexibility index (Phi) is 6.40. The van der Waals surface area contributed by atoms with Crippen LogP contribution in [0.25, 0.3) is 33.4 Å². The number of aromatic nitrogens is 3. The van der Waals surface area contributed by atoms with E-state index in [0.29, 0.717) is 11.6 Å². The zero-order chi connectivity index (χ0) is 26.4. The fourth-order valence-electron chi connectivity index (χ4n) is 7.18. The van der Waals surface area contributed by atoms with Gasteiger partial charge in [-0.3, -0.25) is 10.00 Å². The number of hydrogen-bond acceptors (Lipinski definition) is 5. The maximum Gasteiger partial charge on any atom is 0.181 e. The summed E-state index contributed by atoms with van der Waals surface area (Å²) < 4.78 is 5.51. The van der Waals surface area contributed by atoms with Crippen LogP contribution in [0.3, 0.4) is 0 Å². The predicted octanol–water partition coefficient (Wildman–Crippen LogP) is 6.25. The van der Waals surface area contributed by atoms with Crippen LogP contribution in [-0.4, -0.2) is 64.5 Å². The van der Waals surface area contributed by atoms with E-state index >= 15 is 0 Å². The van der Waals surface area contributed by atoms with Gasteiger partial charge in [-0.2, -0.15) is 5.10 Å². The molecule has 4 heterocycles. The first-order valence-corrected chi connectivity index (χ1v) is 14.7. The summed E-state index contributed by atoms with van der Waals surface area (Å²) in [6, 6.07) is 18.8. The number of rotatable bonds is 4. The standard InChI is InChI=1S/C33H39N5O/c1-23-4-3-15-38(23)33(2)13-11-24-5-6-26(20-27(24)12-14-33)28-21-30-31(35-36-32(30)34-22-28)25-7-9-29(10-8-25)37-16-18-39-19-17-37/h5-10,20-23H,3-4,11-19H2,1-2H3,(H,34,35,36). The van der Waals surface area contributed by atoms with Crippen LogP contribution in [0, 0.1) is 0 Å². The average Bonchev–Trinajstić information content (AvgIpc) is 3.57. The lowest BCUT2D eigenvalue weighted by atomic mass is 9.89. The fourth-order valence-corrected chi connectivity index (χ4v) is 7.18.